The highest BCUT2D eigenvalue weighted by Gasteiger charge is 2.20. The van der Waals surface area contributed by atoms with Crippen molar-refractivity contribution in [1.82, 2.24) is 4.98 Å². The third kappa shape index (κ3) is 2.39. The average molecular weight is 233 g/mol. The van der Waals surface area contributed by atoms with E-state index in [9.17, 15) is 0 Å². The molecule has 0 saturated carbocycles. The number of anilines is 1. The molecule has 0 aromatic carbocycles. The second kappa shape index (κ2) is 4.99. The summed E-state index contributed by atoms with van der Waals surface area (Å²) in [5, 5.41) is 0.752. The molecule has 0 saturated heterocycles. The fourth-order valence-electron chi connectivity index (χ4n) is 2.12. The van der Waals surface area contributed by atoms with Gasteiger partial charge in [0.25, 0.3) is 0 Å². The lowest BCUT2D eigenvalue weighted by atomic mass is 9.88. The van der Waals surface area contributed by atoms with Gasteiger partial charge in [0.15, 0.2) is 5.13 Å². The molecule has 0 radical (unpaired) electrons. The minimum atomic E-state index is 0. The summed E-state index contributed by atoms with van der Waals surface area (Å²) in [5.41, 5.74) is 6.96. The first kappa shape index (κ1) is 11.8. The Balaban J connectivity index is 0.000000980. The van der Waals surface area contributed by atoms with E-state index in [0.29, 0.717) is 0 Å². The number of rotatable bonds is 2. The molecule has 1 heterocycles. The van der Waals surface area contributed by atoms with Crippen LogP contribution in [0.2, 0.25) is 0 Å². The molecule has 1 unspecified atom stereocenters. The highest BCUT2D eigenvalue weighted by atomic mass is 35.5. The maximum absolute atomic E-state index is 5.69. The number of hydrogen-bond donors (Lipinski definition) is 1. The van der Waals surface area contributed by atoms with Crippen LogP contribution in [0.4, 0.5) is 5.13 Å². The smallest absolute Gasteiger partial charge is 0.180 e. The molecular formula is C10H17ClN2S. The largest absolute Gasteiger partial charge is 0.375 e. The number of fused-ring (bicyclic) bond motifs is 1. The van der Waals surface area contributed by atoms with Gasteiger partial charge >= 0.3 is 0 Å². The lowest BCUT2D eigenvalue weighted by molar-refractivity contribution is 0.424. The van der Waals surface area contributed by atoms with Gasteiger partial charge < -0.3 is 5.73 Å². The molecule has 2 N–H and O–H groups in total. The van der Waals surface area contributed by atoms with Crippen LogP contribution in [-0.2, 0) is 12.8 Å². The zero-order chi connectivity index (χ0) is 9.26. The number of aryl methyl sites for hydroxylation is 1. The standard InChI is InChI=1S/C10H16N2S.ClH/c1-2-3-7-4-5-8-9(6-7)13-10(11)12-8;/h7H,2-6H2,1H3,(H2,11,12);1H. The van der Waals surface area contributed by atoms with Gasteiger partial charge in [0.1, 0.15) is 0 Å². The summed E-state index contributed by atoms with van der Waals surface area (Å²) in [5.74, 6) is 0.886. The van der Waals surface area contributed by atoms with E-state index < -0.39 is 0 Å². The molecule has 14 heavy (non-hydrogen) atoms. The Morgan fingerprint density at radius 3 is 3.07 bits per heavy atom. The van der Waals surface area contributed by atoms with E-state index in [2.05, 4.69) is 11.9 Å². The lowest BCUT2D eigenvalue weighted by Gasteiger charge is -2.19. The average Bonchev–Trinajstić information content (AvgIpc) is 2.44. The predicted molar refractivity (Wildman–Crippen MR) is 64.2 cm³/mol. The van der Waals surface area contributed by atoms with E-state index >= 15 is 0 Å². The second-order valence-corrected chi connectivity index (χ2v) is 4.93. The molecule has 1 aromatic rings. The van der Waals surface area contributed by atoms with Crippen molar-refractivity contribution in [1.29, 1.82) is 0 Å². The normalized spacial score (nSPS) is 19.9. The first-order valence-electron chi connectivity index (χ1n) is 5.03. The fraction of sp³-hybridized carbons (Fsp3) is 0.700. The Morgan fingerprint density at radius 2 is 2.36 bits per heavy atom. The third-order valence-corrected chi connectivity index (χ3v) is 3.70. The van der Waals surface area contributed by atoms with Gasteiger partial charge in [0, 0.05) is 4.88 Å². The number of hydrogen-bond acceptors (Lipinski definition) is 3. The van der Waals surface area contributed by atoms with Crippen molar-refractivity contribution < 1.29 is 0 Å². The molecule has 2 nitrogen and oxygen atoms in total. The zero-order valence-corrected chi connectivity index (χ0v) is 10.1. The van der Waals surface area contributed by atoms with Crippen LogP contribution in [0, 0.1) is 5.92 Å². The van der Waals surface area contributed by atoms with Crippen molar-refractivity contribution in [3.05, 3.63) is 10.6 Å². The molecule has 0 fully saturated rings. The molecule has 4 heteroatoms. The minimum Gasteiger partial charge on any atom is -0.375 e. The highest BCUT2D eigenvalue weighted by Crippen LogP contribution is 2.32. The van der Waals surface area contributed by atoms with Crippen LogP contribution in [0.5, 0.6) is 0 Å². The van der Waals surface area contributed by atoms with Gasteiger partial charge in [-0.25, -0.2) is 4.98 Å². The molecule has 80 valence electrons. The van der Waals surface area contributed by atoms with Crippen LogP contribution in [-0.4, -0.2) is 4.98 Å². The predicted octanol–water partition coefficient (Wildman–Crippen LogP) is 3.05. The molecular weight excluding hydrogens is 216 g/mol. The van der Waals surface area contributed by atoms with Crippen molar-refractivity contribution >= 4 is 28.9 Å². The first-order chi connectivity index (χ1) is 6.29. The van der Waals surface area contributed by atoms with Crippen molar-refractivity contribution in [2.45, 2.75) is 39.0 Å². The number of thiazole rings is 1. The summed E-state index contributed by atoms with van der Waals surface area (Å²) in [4.78, 5) is 5.79. The van der Waals surface area contributed by atoms with E-state index in [1.807, 2.05) is 0 Å². The second-order valence-electron chi connectivity index (χ2n) is 3.82. The number of aromatic nitrogens is 1. The van der Waals surface area contributed by atoms with Gasteiger partial charge in [-0.3, -0.25) is 0 Å². The van der Waals surface area contributed by atoms with Gasteiger partial charge in [-0.05, 0) is 25.2 Å². The quantitative estimate of drug-likeness (QED) is 0.851. The Bertz CT molecular complexity index is 298. The third-order valence-electron chi connectivity index (χ3n) is 2.76. The molecule has 0 amide bonds. The fourth-order valence-corrected chi connectivity index (χ4v) is 3.11. The summed E-state index contributed by atoms with van der Waals surface area (Å²) in [6.45, 7) is 2.26. The lowest BCUT2D eigenvalue weighted by Crippen LogP contribution is -2.12. The Kier molecular flexibility index (Phi) is 4.20. The molecule has 1 aromatic heterocycles. The first-order valence-corrected chi connectivity index (χ1v) is 5.85. The maximum Gasteiger partial charge on any atom is 0.180 e. The summed E-state index contributed by atoms with van der Waals surface area (Å²) >= 11 is 1.69. The Hall–Kier alpha value is -0.280. The molecule has 0 aliphatic heterocycles. The van der Waals surface area contributed by atoms with Gasteiger partial charge in [-0.2, -0.15) is 0 Å². The monoisotopic (exact) mass is 232 g/mol. The van der Waals surface area contributed by atoms with Crippen LogP contribution in [0.3, 0.4) is 0 Å². The minimum absolute atomic E-state index is 0. The zero-order valence-electron chi connectivity index (χ0n) is 8.45. The van der Waals surface area contributed by atoms with E-state index in [0.717, 1.165) is 17.5 Å². The van der Waals surface area contributed by atoms with E-state index in [-0.39, 0.29) is 12.4 Å². The number of nitrogens with zero attached hydrogens (tertiary/aromatic N) is 1. The van der Waals surface area contributed by atoms with Crippen molar-refractivity contribution in [3.8, 4) is 0 Å². The van der Waals surface area contributed by atoms with Crippen LogP contribution in [0.25, 0.3) is 0 Å². The van der Waals surface area contributed by atoms with Gasteiger partial charge in [0.05, 0.1) is 5.69 Å². The molecule has 1 atom stereocenters. The molecule has 1 aliphatic carbocycles. The summed E-state index contributed by atoms with van der Waals surface area (Å²) in [6, 6.07) is 0. The Labute approximate surface area is 95.3 Å². The van der Waals surface area contributed by atoms with E-state index in [4.69, 9.17) is 5.73 Å². The Morgan fingerprint density at radius 1 is 1.57 bits per heavy atom. The molecule has 0 bridgehead atoms. The van der Waals surface area contributed by atoms with Gasteiger partial charge in [-0.1, -0.05) is 19.8 Å². The SMILES string of the molecule is CCCC1CCc2nc(N)sc2C1.Cl. The van der Waals surface area contributed by atoms with E-state index in [1.54, 1.807) is 11.3 Å². The highest BCUT2D eigenvalue weighted by molar-refractivity contribution is 7.15. The van der Waals surface area contributed by atoms with Crippen LogP contribution in [0.15, 0.2) is 0 Å². The van der Waals surface area contributed by atoms with Crippen LogP contribution < -0.4 is 5.73 Å². The maximum atomic E-state index is 5.69. The molecule has 1 aliphatic rings. The van der Waals surface area contributed by atoms with Gasteiger partial charge in [0.2, 0.25) is 0 Å². The van der Waals surface area contributed by atoms with Crippen molar-refractivity contribution in [2.75, 3.05) is 5.73 Å². The van der Waals surface area contributed by atoms with Crippen LogP contribution >= 0.6 is 23.7 Å². The van der Waals surface area contributed by atoms with Gasteiger partial charge in [-0.15, -0.1) is 23.7 Å². The number of nitrogen functional groups attached to an aromatic ring is 1. The molecule has 2 rings (SSSR count). The molecule has 0 spiro atoms. The van der Waals surface area contributed by atoms with E-state index in [1.165, 1.54) is 36.3 Å². The number of halogens is 1. The summed E-state index contributed by atoms with van der Waals surface area (Å²) in [6.07, 6.45) is 6.33. The summed E-state index contributed by atoms with van der Waals surface area (Å²) < 4.78 is 0. The number of nitrogens with two attached hydrogens (primary N) is 1. The van der Waals surface area contributed by atoms with Crippen LogP contribution in [0.1, 0.15) is 36.8 Å². The summed E-state index contributed by atoms with van der Waals surface area (Å²) in [7, 11) is 0. The van der Waals surface area contributed by atoms with Crippen molar-refractivity contribution in [2.24, 2.45) is 5.92 Å². The van der Waals surface area contributed by atoms with Crippen molar-refractivity contribution in [3.63, 3.8) is 0 Å². The topological polar surface area (TPSA) is 38.9 Å².